The van der Waals surface area contributed by atoms with Crippen LogP contribution in [0.1, 0.15) is 20.7 Å². The molecule has 0 amide bonds. The molecule has 0 saturated heterocycles. The van der Waals surface area contributed by atoms with Crippen LogP contribution < -0.4 is 4.74 Å². The summed E-state index contributed by atoms with van der Waals surface area (Å²) in [6.07, 6.45) is 0. The Balaban J connectivity index is 1.94. The number of rotatable bonds is 2. The fraction of sp³-hybridized carbons (Fsp3) is 0. The summed E-state index contributed by atoms with van der Waals surface area (Å²) in [6, 6.07) is 18.2. The SMILES string of the molecule is O=C1C(=O)c2ccc(Oc3ccccc3)c3cccc1c23. The second-order valence-corrected chi connectivity index (χ2v) is 4.91. The second-order valence-electron chi connectivity index (χ2n) is 4.91. The highest BCUT2D eigenvalue weighted by molar-refractivity contribution is 6.57. The van der Waals surface area contributed by atoms with Crippen molar-refractivity contribution in [2.45, 2.75) is 0 Å². The number of carbonyl (C=O) groups is 2. The first-order valence-corrected chi connectivity index (χ1v) is 6.63. The van der Waals surface area contributed by atoms with Crippen LogP contribution in [0.25, 0.3) is 10.8 Å². The molecular weight excluding hydrogens is 264 g/mol. The van der Waals surface area contributed by atoms with Crippen LogP contribution in [0.15, 0.2) is 60.7 Å². The lowest BCUT2D eigenvalue weighted by Crippen LogP contribution is -2.05. The average molecular weight is 274 g/mol. The summed E-state index contributed by atoms with van der Waals surface area (Å²) >= 11 is 0. The molecule has 3 nitrogen and oxygen atoms in total. The number of hydrogen-bond acceptors (Lipinski definition) is 3. The molecule has 100 valence electrons. The van der Waals surface area contributed by atoms with Crippen molar-refractivity contribution in [3.05, 3.63) is 71.8 Å². The molecule has 0 aromatic heterocycles. The van der Waals surface area contributed by atoms with Crippen molar-refractivity contribution >= 4 is 22.3 Å². The van der Waals surface area contributed by atoms with Crippen molar-refractivity contribution < 1.29 is 14.3 Å². The van der Waals surface area contributed by atoms with E-state index in [0.717, 1.165) is 5.39 Å². The molecule has 0 N–H and O–H groups in total. The average Bonchev–Trinajstić information content (AvgIpc) is 2.78. The van der Waals surface area contributed by atoms with E-state index >= 15 is 0 Å². The van der Waals surface area contributed by atoms with E-state index in [0.29, 0.717) is 28.0 Å². The normalized spacial score (nSPS) is 13.0. The van der Waals surface area contributed by atoms with Gasteiger partial charge in [0.2, 0.25) is 11.6 Å². The highest BCUT2D eigenvalue weighted by Gasteiger charge is 2.31. The first kappa shape index (κ1) is 11.9. The molecule has 0 bridgehead atoms. The van der Waals surface area contributed by atoms with Crippen LogP contribution in [0.5, 0.6) is 11.5 Å². The number of para-hydroxylation sites is 1. The van der Waals surface area contributed by atoms with Crippen molar-refractivity contribution in [1.29, 1.82) is 0 Å². The van der Waals surface area contributed by atoms with Crippen LogP contribution in [0.4, 0.5) is 0 Å². The van der Waals surface area contributed by atoms with Crippen molar-refractivity contribution in [1.82, 2.24) is 0 Å². The van der Waals surface area contributed by atoms with Crippen molar-refractivity contribution in [3.8, 4) is 11.5 Å². The first-order valence-electron chi connectivity index (χ1n) is 6.63. The third-order valence-electron chi connectivity index (χ3n) is 3.67. The Bertz CT molecular complexity index is 875. The Kier molecular flexibility index (Phi) is 2.42. The van der Waals surface area contributed by atoms with E-state index in [4.69, 9.17) is 4.74 Å². The van der Waals surface area contributed by atoms with Crippen LogP contribution >= 0.6 is 0 Å². The molecule has 3 aromatic carbocycles. The standard InChI is InChI=1S/C18H10O3/c19-17-13-8-4-7-12-15(21-11-5-2-1-3-6-11)10-9-14(16(12)13)18(17)20/h1-10H. The monoisotopic (exact) mass is 274 g/mol. The van der Waals surface area contributed by atoms with E-state index in [1.807, 2.05) is 36.4 Å². The van der Waals surface area contributed by atoms with Gasteiger partial charge in [0.25, 0.3) is 0 Å². The van der Waals surface area contributed by atoms with E-state index in [1.165, 1.54) is 0 Å². The number of benzene rings is 3. The number of ketones is 2. The molecule has 3 heteroatoms. The minimum Gasteiger partial charge on any atom is -0.457 e. The van der Waals surface area contributed by atoms with Gasteiger partial charge in [0, 0.05) is 21.9 Å². The van der Waals surface area contributed by atoms with E-state index in [-0.39, 0.29) is 0 Å². The molecule has 21 heavy (non-hydrogen) atoms. The van der Waals surface area contributed by atoms with E-state index in [9.17, 15) is 9.59 Å². The Hall–Kier alpha value is -2.94. The van der Waals surface area contributed by atoms with Gasteiger partial charge in [-0.2, -0.15) is 0 Å². The largest absolute Gasteiger partial charge is 0.457 e. The van der Waals surface area contributed by atoms with Gasteiger partial charge in [-0.15, -0.1) is 0 Å². The first-order chi connectivity index (χ1) is 10.3. The molecule has 0 fully saturated rings. The predicted octanol–water partition coefficient (Wildman–Crippen LogP) is 4.01. The summed E-state index contributed by atoms with van der Waals surface area (Å²) in [5.74, 6) is 0.484. The molecule has 0 atom stereocenters. The molecule has 3 aromatic rings. The van der Waals surface area contributed by atoms with Gasteiger partial charge in [-0.25, -0.2) is 0 Å². The van der Waals surface area contributed by atoms with Crippen LogP contribution in [0.2, 0.25) is 0 Å². The summed E-state index contributed by atoms with van der Waals surface area (Å²) in [4.78, 5) is 23.9. The maximum atomic E-state index is 12.0. The predicted molar refractivity (Wildman–Crippen MR) is 79.1 cm³/mol. The van der Waals surface area contributed by atoms with Gasteiger partial charge in [0.15, 0.2) is 0 Å². The minimum atomic E-state index is -0.438. The fourth-order valence-corrected chi connectivity index (χ4v) is 2.71. The second kappa shape index (κ2) is 4.28. The van der Waals surface area contributed by atoms with Crippen LogP contribution in [-0.2, 0) is 0 Å². The zero-order valence-corrected chi connectivity index (χ0v) is 11.0. The van der Waals surface area contributed by atoms with Gasteiger partial charge in [0.05, 0.1) is 0 Å². The number of Topliss-reactive ketones (excluding diaryl/α,β-unsaturated/α-hetero) is 2. The van der Waals surface area contributed by atoms with Crippen LogP contribution in [-0.4, -0.2) is 11.6 Å². The summed E-state index contributed by atoms with van der Waals surface area (Å²) in [6.45, 7) is 0. The van der Waals surface area contributed by atoms with E-state index < -0.39 is 11.6 Å². The summed E-state index contributed by atoms with van der Waals surface area (Å²) in [5, 5.41) is 1.48. The Morgan fingerprint density at radius 1 is 0.667 bits per heavy atom. The van der Waals surface area contributed by atoms with E-state index in [1.54, 1.807) is 24.3 Å². The third kappa shape index (κ3) is 1.68. The third-order valence-corrected chi connectivity index (χ3v) is 3.67. The maximum Gasteiger partial charge on any atom is 0.234 e. The molecule has 0 unspecified atom stereocenters. The Morgan fingerprint density at radius 3 is 2.14 bits per heavy atom. The number of carbonyl (C=O) groups excluding carboxylic acids is 2. The molecule has 1 aliphatic carbocycles. The highest BCUT2D eigenvalue weighted by Crippen LogP contribution is 2.37. The lowest BCUT2D eigenvalue weighted by Gasteiger charge is -2.09. The lowest BCUT2D eigenvalue weighted by molar-refractivity contribution is 0.0825. The number of ether oxygens (including phenoxy) is 1. The van der Waals surface area contributed by atoms with Gasteiger partial charge in [-0.1, -0.05) is 36.4 Å². The summed E-state index contributed by atoms with van der Waals surface area (Å²) < 4.78 is 5.88. The van der Waals surface area contributed by atoms with Crippen molar-refractivity contribution in [2.75, 3.05) is 0 Å². The number of hydrogen-bond donors (Lipinski definition) is 0. The van der Waals surface area contributed by atoms with Gasteiger partial charge >= 0.3 is 0 Å². The fourth-order valence-electron chi connectivity index (χ4n) is 2.71. The van der Waals surface area contributed by atoms with Gasteiger partial charge < -0.3 is 4.74 Å². The molecule has 0 aliphatic heterocycles. The summed E-state index contributed by atoms with van der Waals surface area (Å²) in [5.41, 5.74) is 0.928. The van der Waals surface area contributed by atoms with Crippen LogP contribution in [0, 0.1) is 0 Å². The van der Waals surface area contributed by atoms with Crippen molar-refractivity contribution in [3.63, 3.8) is 0 Å². The van der Waals surface area contributed by atoms with Crippen LogP contribution in [0.3, 0.4) is 0 Å². The zero-order chi connectivity index (χ0) is 14.4. The molecule has 0 heterocycles. The Morgan fingerprint density at radius 2 is 1.38 bits per heavy atom. The molecule has 1 aliphatic rings. The zero-order valence-electron chi connectivity index (χ0n) is 11.0. The highest BCUT2D eigenvalue weighted by atomic mass is 16.5. The topological polar surface area (TPSA) is 43.4 Å². The quantitative estimate of drug-likeness (QED) is 0.663. The molecular formula is C18H10O3. The van der Waals surface area contributed by atoms with Crippen molar-refractivity contribution in [2.24, 2.45) is 0 Å². The molecule has 0 saturated carbocycles. The molecule has 4 rings (SSSR count). The van der Waals surface area contributed by atoms with Gasteiger partial charge in [-0.3, -0.25) is 9.59 Å². The van der Waals surface area contributed by atoms with Gasteiger partial charge in [-0.05, 0) is 24.3 Å². The maximum absolute atomic E-state index is 12.0. The van der Waals surface area contributed by atoms with E-state index in [2.05, 4.69) is 0 Å². The molecule has 0 spiro atoms. The smallest absolute Gasteiger partial charge is 0.234 e. The van der Waals surface area contributed by atoms with Gasteiger partial charge in [0.1, 0.15) is 11.5 Å². The molecule has 0 radical (unpaired) electrons. The minimum absolute atomic E-state index is 0.438. The lowest BCUT2D eigenvalue weighted by atomic mass is 10.0. The summed E-state index contributed by atoms with van der Waals surface area (Å²) in [7, 11) is 0. The Labute approximate surface area is 120 Å².